The molecular weight excluding hydrogens is 200 g/mol. The summed E-state index contributed by atoms with van der Waals surface area (Å²) in [5, 5.41) is 5.13. The number of fused-ring (bicyclic) bond motifs is 1. The fourth-order valence-corrected chi connectivity index (χ4v) is 3.56. The van der Waals surface area contributed by atoms with Crippen molar-refractivity contribution in [3.8, 4) is 0 Å². The lowest BCUT2D eigenvalue weighted by Crippen LogP contribution is -2.47. The Kier molecular flexibility index (Phi) is 2.81. The predicted molar refractivity (Wildman–Crippen MR) is 54.7 cm³/mol. The van der Waals surface area contributed by atoms with Crippen molar-refractivity contribution in [2.45, 2.75) is 32.1 Å². The number of hydrogen-bond acceptors (Lipinski definition) is 2. The van der Waals surface area contributed by atoms with Gasteiger partial charge in [-0.1, -0.05) is 19.3 Å². The van der Waals surface area contributed by atoms with E-state index in [0.717, 1.165) is 12.3 Å². The molecule has 0 amide bonds. The van der Waals surface area contributed by atoms with Gasteiger partial charge >= 0.3 is 0 Å². The van der Waals surface area contributed by atoms with Crippen molar-refractivity contribution in [1.82, 2.24) is 4.31 Å². The van der Waals surface area contributed by atoms with Crippen LogP contribution in [0.1, 0.15) is 32.1 Å². The zero-order valence-corrected chi connectivity index (χ0v) is 9.17. The zero-order valence-electron chi connectivity index (χ0n) is 8.35. The Morgan fingerprint density at radius 1 is 1.07 bits per heavy atom. The monoisotopic (exact) mass is 218 g/mol. The highest BCUT2D eigenvalue weighted by Gasteiger charge is 2.34. The summed E-state index contributed by atoms with van der Waals surface area (Å²) in [5.41, 5.74) is 0. The van der Waals surface area contributed by atoms with Crippen LogP contribution in [0.2, 0.25) is 0 Å². The molecule has 0 bridgehead atoms. The van der Waals surface area contributed by atoms with Crippen molar-refractivity contribution in [2.75, 3.05) is 13.1 Å². The maximum absolute atomic E-state index is 11.2. The van der Waals surface area contributed by atoms with E-state index in [4.69, 9.17) is 5.14 Å². The van der Waals surface area contributed by atoms with Gasteiger partial charge in [0.1, 0.15) is 0 Å². The Hall–Kier alpha value is -0.130. The summed E-state index contributed by atoms with van der Waals surface area (Å²) in [4.78, 5) is 0. The first-order valence-corrected chi connectivity index (χ1v) is 6.85. The second-order valence-corrected chi connectivity index (χ2v) is 6.04. The Labute approximate surface area is 85.6 Å². The molecular formula is C9H18N2O2S. The van der Waals surface area contributed by atoms with E-state index in [2.05, 4.69) is 0 Å². The smallest absolute Gasteiger partial charge is 0.216 e. The first-order chi connectivity index (χ1) is 6.57. The number of rotatable bonds is 1. The lowest BCUT2D eigenvalue weighted by Gasteiger charge is -2.39. The molecule has 0 aromatic heterocycles. The molecule has 0 radical (unpaired) electrons. The van der Waals surface area contributed by atoms with Crippen LogP contribution in [0.4, 0.5) is 0 Å². The fraction of sp³-hybridized carbons (Fsp3) is 1.00. The molecule has 2 N–H and O–H groups in total. The van der Waals surface area contributed by atoms with Crippen LogP contribution in [-0.4, -0.2) is 25.8 Å². The SMILES string of the molecule is NS(=O)(=O)N1CCC2CCCCC2C1. The highest BCUT2D eigenvalue weighted by molar-refractivity contribution is 7.86. The highest BCUT2D eigenvalue weighted by Crippen LogP contribution is 2.36. The Morgan fingerprint density at radius 2 is 1.71 bits per heavy atom. The summed E-state index contributed by atoms with van der Waals surface area (Å²) < 4.78 is 23.8. The molecule has 2 unspecified atom stereocenters. The number of piperidine rings is 1. The van der Waals surface area contributed by atoms with Crippen LogP contribution in [0.25, 0.3) is 0 Å². The topological polar surface area (TPSA) is 63.4 Å². The van der Waals surface area contributed by atoms with E-state index in [1.807, 2.05) is 0 Å². The summed E-state index contributed by atoms with van der Waals surface area (Å²) in [6, 6.07) is 0. The average Bonchev–Trinajstić information content (AvgIpc) is 2.16. The van der Waals surface area contributed by atoms with Gasteiger partial charge in [-0.3, -0.25) is 0 Å². The van der Waals surface area contributed by atoms with Crippen LogP contribution in [0.15, 0.2) is 0 Å². The standard InChI is InChI=1S/C9H18N2O2S/c10-14(12,13)11-6-5-8-3-1-2-4-9(8)7-11/h8-9H,1-7H2,(H2,10,12,13). The maximum Gasteiger partial charge on any atom is 0.276 e. The van der Waals surface area contributed by atoms with Crippen molar-refractivity contribution in [3.05, 3.63) is 0 Å². The van der Waals surface area contributed by atoms with Crippen LogP contribution in [-0.2, 0) is 10.2 Å². The molecule has 2 aliphatic rings. The maximum atomic E-state index is 11.2. The summed E-state index contributed by atoms with van der Waals surface area (Å²) in [6.07, 6.45) is 6.02. The summed E-state index contributed by atoms with van der Waals surface area (Å²) >= 11 is 0. The highest BCUT2D eigenvalue weighted by atomic mass is 32.2. The molecule has 1 heterocycles. The van der Waals surface area contributed by atoms with Crippen molar-refractivity contribution in [3.63, 3.8) is 0 Å². The summed E-state index contributed by atoms with van der Waals surface area (Å²) in [7, 11) is -3.44. The first kappa shape index (κ1) is 10.4. The predicted octanol–water partition coefficient (Wildman–Crippen LogP) is 0.702. The van der Waals surface area contributed by atoms with E-state index in [-0.39, 0.29) is 0 Å². The van der Waals surface area contributed by atoms with Crippen molar-refractivity contribution >= 4 is 10.2 Å². The van der Waals surface area contributed by atoms with Gasteiger partial charge in [-0.15, -0.1) is 0 Å². The van der Waals surface area contributed by atoms with E-state index in [1.54, 1.807) is 0 Å². The third-order valence-electron chi connectivity index (χ3n) is 3.61. The molecule has 82 valence electrons. The van der Waals surface area contributed by atoms with Gasteiger partial charge in [0.25, 0.3) is 10.2 Å². The lowest BCUT2D eigenvalue weighted by atomic mass is 9.76. The van der Waals surface area contributed by atoms with Crippen LogP contribution < -0.4 is 5.14 Å². The van der Waals surface area contributed by atoms with Gasteiger partial charge < -0.3 is 0 Å². The van der Waals surface area contributed by atoms with Gasteiger partial charge in [0.15, 0.2) is 0 Å². The van der Waals surface area contributed by atoms with Crippen molar-refractivity contribution < 1.29 is 8.42 Å². The van der Waals surface area contributed by atoms with Crippen molar-refractivity contribution in [2.24, 2.45) is 17.0 Å². The summed E-state index contributed by atoms with van der Waals surface area (Å²) in [6.45, 7) is 1.28. The van der Waals surface area contributed by atoms with Gasteiger partial charge in [-0.05, 0) is 24.7 Å². The Morgan fingerprint density at radius 3 is 2.36 bits per heavy atom. The number of nitrogens with zero attached hydrogens (tertiary/aromatic N) is 1. The second-order valence-electron chi connectivity index (χ2n) is 4.50. The largest absolute Gasteiger partial charge is 0.276 e. The Bertz CT molecular complexity index is 302. The van der Waals surface area contributed by atoms with Crippen LogP contribution in [0, 0.1) is 11.8 Å². The summed E-state index contributed by atoms with van der Waals surface area (Å²) in [5.74, 6) is 1.32. The molecule has 0 aromatic rings. The fourth-order valence-electron chi connectivity index (χ4n) is 2.80. The third-order valence-corrected chi connectivity index (χ3v) is 4.67. The molecule has 1 aliphatic carbocycles. The number of hydrogen-bond donors (Lipinski definition) is 1. The van der Waals surface area contributed by atoms with Gasteiger partial charge in [0.05, 0.1) is 0 Å². The molecule has 2 rings (SSSR count). The minimum absolute atomic E-state index is 0.566. The van der Waals surface area contributed by atoms with Gasteiger partial charge in [0.2, 0.25) is 0 Å². The molecule has 14 heavy (non-hydrogen) atoms. The lowest BCUT2D eigenvalue weighted by molar-refractivity contribution is 0.136. The molecule has 2 fully saturated rings. The molecule has 5 heteroatoms. The van der Waals surface area contributed by atoms with Crippen LogP contribution in [0.5, 0.6) is 0 Å². The third kappa shape index (κ3) is 2.10. The molecule has 0 spiro atoms. The van der Waals surface area contributed by atoms with Crippen LogP contribution in [0.3, 0.4) is 0 Å². The quantitative estimate of drug-likeness (QED) is 0.704. The van der Waals surface area contributed by atoms with E-state index in [1.165, 1.54) is 30.0 Å². The molecule has 4 nitrogen and oxygen atoms in total. The van der Waals surface area contributed by atoms with Gasteiger partial charge in [-0.2, -0.15) is 12.7 Å². The number of nitrogens with two attached hydrogens (primary N) is 1. The zero-order chi connectivity index (χ0) is 10.2. The average molecular weight is 218 g/mol. The molecule has 2 atom stereocenters. The molecule has 1 saturated carbocycles. The van der Waals surface area contributed by atoms with Gasteiger partial charge in [-0.25, -0.2) is 5.14 Å². The normalized spacial score (nSPS) is 35.2. The van der Waals surface area contributed by atoms with E-state index in [0.29, 0.717) is 19.0 Å². The molecule has 1 saturated heterocycles. The minimum Gasteiger partial charge on any atom is -0.216 e. The second kappa shape index (κ2) is 3.79. The first-order valence-electron chi connectivity index (χ1n) is 5.35. The minimum atomic E-state index is -3.44. The van der Waals surface area contributed by atoms with E-state index < -0.39 is 10.2 Å². The Balaban J connectivity index is 2.03. The van der Waals surface area contributed by atoms with Crippen molar-refractivity contribution in [1.29, 1.82) is 0 Å². The van der Waals surface area contributed by atoms with E-state index >= 15 is 0 Å². The van der Waals surface area contributed by atoms with Gasteiger partial charge in [0, 0.05) is 13.1 Å². The molecule has 0 aromatic carbocycles. The molecule has 1 aliphatic heterocycles. The van der Waals surface area contributed by atoms with Crippen LogP contribution >= 0.6 is 0 Å². The van der Waals surface area contributed by atoms with E-state index in [9.17, 15) is 8.42 Å².